The van der Waals surface area contributed by atoms with E-state index < -0.39 is 5.97 Å². The molecule has 1 saturated carbocycles. The highest BCUT2D eigenvalue weighted by Crippen LogP contribution is 2.39. The van der Waals surface area contributed by atoms with E-state index in [0.29, 0.717) is 17.4 Å². The highest BCUT2D eigenvalue weighted by atomic mass is 16.5. The summed E-state index contributed by atoms with van der Waals surface area (Å²) in [5, 5.41) is 8.91. The second-order valence-corrected chi connectivity index (χ2v) is 10.8. The number of hydrogen-bond acceptors (Lipinski definition) is 3. The molecular formula is C28H37NO3. The lowest BCUT2D eigenvalue weighted by atomic mass is 9.72. The Balaban J connectivity index is 1.30. The van der Waals surface area contributed by atoms with Gasteiger partial charge in [-0.25, -0.2) is 0 Å². The SMILES string of the molecule is CC(C)(C)C1CCC(Oc2ccc(-c3cccc(CN4CC(CC(=O)O)C4)c3)cc2)CC1. The monoisotopic (exact) mass is 435 g/mol. The average Bonchev–Trinajstić information content (AvgIpc) is 2.72. The molecule has 1 saturated heterocycles. The molecule has 4 nitrogen and oxygen atoms in total. The minimum Gasteiger partial charge on any atom is -0.490 e. The molecule has 1 aliphatic heterocycles. The zero-order valence-corrected chi connectivity index (χ0v) is 19.7. The summed E-state index contributed by atoms with van der Waals surface area (Å²) in [7, 11) is 0. The summed E-state index contributed by atoms with van der Waals surface area (Å²) in [5.74, 6) is 1.37. The van der Waals surface area contributed by atoms with Gasteiger partial charge >= 0.3 is 5.97 Å². The van der Waals surface area contributed by atoms with Gasteiger partial charge in [0.15, 0.2) is 0 Å². The molecule has 4 rings (SSSR count). The van der Waals surface area contributed by atoms with Crippen LogP contribution < -0.4 is 4.74 Å². The van der Waals surface area contributed by atoms with Gasteiger partial charge in [-0.05, 0) is 77.8 Å². The molecule has 1 N–H and O–H groups in total. The maximum absolute atomic E-state index is 10.8. The van der Waals surface area contributed by atoms with Crippen LogP contribution in [-0.2, 0) is 11.3 Å². The molecule has 0 unspecified atom stereocenters. The highest BCUT2D eigenvalue weighted by Gasteiger charge is 2.30. The van der Waals surface area contributed by atoms with E-state index in [4.69, 9.17) is 9.84 Å². The van der Waals surface area contributed by atoms with E-state index in [9.17, 15) is 4.79 Å². The van der Waals surface area contributed by atoms with Crippen molar-refractivity contribution in [3.05, 3.63) is 54.1 Å². The third kappa shape index (κ3) is 5.92. The van der Waals surface area contributed by atoms with Crippen molar-refractivity contribution in [1.29, 1.82) is 0 Å². The van der Waals surface area contributed by atoms with Crippen molar-refractivity contribution in [2.45, 2.75) is 65.5 Å². The summed E-state index contributed by atoms with van der Waals surface area (Å²) in [4.78, 5) is 13.1. The second kappa shape index (κ2) is 9.66. The quantitative estimate of drug-likeness (QED) is 0.559. The van der Waals surface area contributed by atoms with Crippen LogP contribution >= 0.6 is 0 Å². The van der Waals surface area contributed by atoms with Crippen LogP contribution in [0.25, 0.3) is 11.1 Å². The van der Waals surface area contributed by atoms with E-state index in [0.717, 1.165) is 44.1 Å². The van der Waals surface area contributed by atoms with Crippen molar-refractivity contribution >= 4 is 5.97 Å². The van der Waals surface area contributed by atoms with Gasteiger partial charge in [0.05, 0.1) is 12.5 Å². The summed E-state index contributed by atoms with van der Waals surface area (Å²) in [6.45, 7) is 9.69. The van der Waals surface area contributed by atoms with E-state index in [-0.39, 0.29) is 6.42 Å². The molecule has 2 aromatic rings. The van der Waals surface area contributed by atoms with E-state index in [2.05, 4.69) is 74.2 Å². The molecule has 172 valence electrons. The first-order valence-corrected chi connectivity index (χ1v) is 12.1. The van der Waals surface area contributed by atoms with Crippen LogP contribution in [0, 0.1) is 17.3 Å². The Morgan fingerprint density at radius 1 is 1.00 bits per heavy atom. The molecule has 0 aromatic heterocycles. The lowest BCUT2D eigenvalue weighted by molar-refractivity contribution is -0.139. The Morgan fingerprint density at radius 2 is 1.69 bits per heavy atom. The maximum atomic E-state index is 10.8. The first kappa shape index (κ1) is 22.8. The molecule has 0 spiro atoms. The zero-order valence-electron chi connectivity index (χ0n) is 19.7. The van der Waals surface area contributed by atoms with Crippen LogP contribution in [0.5, 0.6) is 5.75 Å². The van der Waals surface area contributed by atoms with Gasteiger partial charge in [0.25, 0.3) is 0 Å². The summed E-state index contributed by atoms with van der Waals surface area (Å²) in [5.41, 5.74) is 4.08. The summed E-state index contributed by atoms with van der Waals surface area (Å²) in [6, 6.07) is 17.2. The van der Waals surface area contributed by atoms with E-state index in [1.807, 2.05) is 0 Å². The van der Waals surface area contributed by atoms with Gasteiger partial charge in [0.1, 0.15) is 5.75 Å². The smallest absolute Gasteiger partial charge is 0.303 e. The number of carbonyl (C=O) groups is 1. The highest BCUT2D eigenvalue weighted by molar-refractivity contribution is 5.67. The van der Waals surface area contributed by atoms with E-state index in [1.54, 1.807) is 0 Å². The molecule has 2 fully saturated rings. The normalized spacial score (nSPS) is 22.3. The summed E-state index contributed by atoms with van der Waals surface area (Å²) >= 11 is 0. The van der Waals surface area contributed by atoms with Gasteiger partial charge in [0, 0.05) is 19.6 Å². The number of nitrogens with zero attached hydrogens (tertiary/aromatic N) is 1. The number of rotatable bonds is 7. The molecule has 1 aliphatic carbocycles. The van der Waals surface area contributed by atoms with Crippen molar-refractivity contribution in [2.24, 2.45) is 17.3 Å². The number of carboxylic acids is 1. The van der Waals surface area contributed by atoms with Crippen LogP contribution in [0.2, 0.25) is 0 Å². The van der Waals surface area contributed by atoms with Crippen LogP contribution in [0.1, 0.15) is 58.4 Å². The van der Waals surface area contributed by atoms with Gasteiger partial charge in [0.2, 0.25) is 0 Å². The Kier molecular flexibility index (Phi) is 6.90. The van der Waals surface area contributed by atoms with E-state index in [1.165, 1.54) is 29.5 Å². The maximum Gasteiger partial charge on any atom is 0.303 e. The number of likely N-dealkylation sites (tertiary alicyclic amines) is 1. The fraction of sp³-hybridized carbons (Fsp3) is 0.536. The molecule has 0 amide bonds. The van der Waals surface area contributed by atoms with Gasteiger partial charge in [-0.1, -0.05) is 51.1 Å². The number of ether oxygens (including phenoxy) is 1. The lowest BCUT2D eigenvalue weighted by Gasteiger charge is -2.38. The molecule has 4 heteroatoms. The van der Waals surface area contributed by atoms with Gasteiger partial charge in [-0.2, -0.15) is 0 Å². The molecular weight excluding hydrogens is 398 g/mol. The fourth-order valence-electron chi connectivity index (χ4n) is 5.25. The Labute approximate surface area is 192 Å². The summed E-state index contributed by atoms with van der Waals surface area (Å²) < 4.78 is 6.29. The van der Waals surface area contributed by atoms with Crippen molar-refractivity contribution in [3.8, 4) is 16.9 Å². The van der Waals surface area contributed by atoms with Crippen molar-refractivity contribution < 1.29 is 14.6 Å². The Bertz CT molecular complexity index is 901. The van der Waals surface area contributed by atoms with Gasteiger partial charge in [-0.3, -0.25) is 9.69 Å². The first-order chi connectivity index (χ1) is 15.3. The second-order valence-electron chi connectivity index (χ2n) is 10.8. The number of aliphatic carboxylic acids is 1. The molecule has 0 bridgehead atoms. The van der Waals surface area contributed by atoms with Crippen LogP contribution in [0.4, 0.5) is 0 Å². The Hall–Kier alpha value is -2.33. The van der Waals surface area contributed by atoms with Gasteiger partial charge in [-0.15, -0.1) is 0 Å². The Morgan fingerprint density at radius 3 is 2.31 bits per heavy atom. The van der Waals surface area contributed by atoms with Crippen molar-refractivity contribution in [2.75, 3.05) is 13.1 Å². The third-order valence-corrected chi connectivity index (χ3v) is 7.22. The molecule has 0 radical (unpaired) electrons. The average molecular weight is 436 g/mol. The van der Waals surface area contributed by atoms with Crippen molar-refractivity contribution in [1.82, 2.24) is 4.90 Å². The topological polar surface area (TPSA) is 49.8 Å². The molecule has 1 heterocycles. The molecule has 0 atom stereocenters. The van der Waals surface area contributed by atoms with Crippen LogP contribution in [-0.4, -0.2) is 35.2 Å². The number of carboxylic acid groups (broad SMARTS) is 1. The fourth-order valence-corrected chi connectivity index (χ4v) is 5.25. The molecule has 2 aliphatic rings. The van der Waals surface area contributed by atoms with E-state index >= 15 is 0 Å². The predicted molar refractivity (Wildman–Crippen MR) is 129 cm³/mol. The number of hydrogen-bond donors (Lipinski definition) is 1. The predicted octanol–water partition coefficient (Wildman–Crippen LogP) is 6.24. The lowest BCUT2D eigenvalue weighted by Crippen LogP contribution is -2.46. The van der Waals surface area contributed by atoms with Crippen molar-refractivity contribution in [3.63, 3.8) is 0 Å². The largest absolute Gasteiger partial charge is 0.490 e. The standard InChI is InChI=1S/C28H37NO3/c1-28(2,3)24-9-13-26(14-10-24)32-25-11-7-22(8-12-25)23-6-4-5-20(15-23)17-29-18-21(19-29)16-27(30)31/h4-8,11-12,15,21,24,26H,9-10,13-14,16-19H2,1-3H3,(H,30,31). The molecule has 2 aromatic carbocycles. The number of benzene rings is 2. The van der Waals surface area contributed by atoms with Crippen LogP contribution in [0.15, 0.2) is 48.5 Å². The molecule has 32 heavy (non-hydrogen) atoms. The summed E-state index contributed by atoms with van der Waals surface area (Å²) in [6.07, 6.45) is 5.43. The van der Waals surface area contributed by atoms with Crippen LogP contribution in [0.3, 0.4) is 0 Å². The minimum absolute atomic E-state index is 0.281. The minimum atomic E-state index is -0.693. The first-order valence-electron chi connectivity index (χ1n) is 12.1. The van der Waals surface area contributed by atoms with Gasteiger partial charge < -0.3 is 9.84 Å². The zero-order chi connectivity index (χ0) is 22.7. The third-order valence-electron chi connectivity index (χ3n) is 7.22.